The van der Waals surface area contributed by atoms with Crippen molar-refractivity contribution in [3.8, 4) is 0 Å². The predicted molar refractivity (Wildman–Crippen MR) is 77.4 cm³/mol. The quantitative estimate of drug-likeness (QED) is 0.807. The van der Waals surface area contributed by atoms with Gasteiger partial charge in [-0.25, -0.2) is 4.79 Å². The highest BCUT2D eigenvalue weighted by atomic mass is 16.2. The van der Waals surface area contributed by atoms with E-state index in [0.29, 0.717) is 12.1 Å². The van der Waals surface area contributed by atoms with Crippen molar-refractivity contribution in [1.82, 2.24) is 15.5 Å². The summed E-state index contributed by atoms with van der Waals surface area (Å²) in [4.78, 5) is 26.1. The number of urea groups is 1. The molecule has 0 aliphatic carbocycles. The number of benzene rings is 1. The van der Waals surface area contributed by atoms with Crippen LogP contribution in [-0.4, -0.2) is 34.5 Å². The van der Waals surface area contributed by atoms with Gasteiger partial charge in [0.15, 0.2) is 0 Å². The Morgan fingerprint density at radius 2 is 1.76 bits per heavy atom. The molecule has 2 N–H and O–H groups in total. The number of rotatable bonds is 2. The first-order valence-corrected chi connectivity index (χ1v) is 7.60. The topological polar surface area (TPSA) is 61.4 Å². The number of hydrogen-bond acceptors (Lipinski definition) is 3. The largest absolute Gasteiger partial charge is 0.323 e. The van der Waals surface area contributed by atoms with Gasteiger partial charge in [-0.05, 0) is 31.2 Å². The molecule has 3 heterocycles. The van der Waals surface area contributed by atoms with Crippen LogP contribution in [0.25, 0.3) is 0 Å². The van der Waals surface area contributed by atoms with Gasteiger partial charge in [0.2, 0.25) is 0 Å². The van der Waals surface area contributed by atoms with E-state index in [2.05, 4.69) is 39.8 Å². The van der Waals surface area contributed by atoms with E-state index in [1.807, 2.05) is 6.07 Å². The van der Waals surface area contributed by atoms with E-state index >= 15 is 0 Å². The van der Waals surface area contributed by atoms with Crippen LogP contribution in [0.4, 0.5) is 4.79 Å². The maximum absolute atomic E-state index is 12.1. The fourth-order valence-electron chi connectivity index (χ4n) is 4.21. The van der Waals surface area contributed by atoms with Crippen molar-refractivity contribution < 1.29 is 9.59 Å². The van der Waals surface area contributed by atoms with E-state index in [0.717, 1.165) is 32.2 Å². The first-order valence-electron chi connectivity index (χ1n) is 7.60. The van der Waals surface area contributed by atoms with Gasteiger partial charge in [-0.15, -0.1) is 0 Å². The monoisotopic (exact) mass is 285 g/mol. The number of nitrogens with zero attached hydrogens (tertiary/aromatic N) is 1. The Labute approximate surface area is 123 Å². The second kappa shape index (κ2) is 4.56. The van der Waals surface area contributed by atoms with Gasteiger partial charge >= 0.3 is 6.03 Å². The number of nitrogens with one attached hydrogen (secondary N) is 2. The Morgan fingerprint density at radius 1 is 1.10 bits per heavy atom. The summed E-state index contributed by atoms with van der Waals surface area (Å²) < 4.78 is 0. The van der Waals surface area contributed by atoms with E-state index in [-0.39, 0.29) is 11.9 Å². The fourth-order valence-corrected chi connectivity index (χ4v) is 4.21. The van der Waals surface area contributed by atoms with Gasteiger partial charge in [0, 0.05) is 18.6 Å². The van der Waals surface area contributed by atoms with E-state index in [9.17, 15) is 9.59 Å². The fraction of sp³-hybridized carbons (Fsp3) is 0.500. The molecule has 3 fully saturated rings. The van der Waals surface area contributed by atoms with Crippen LogP contribution >= 0.6 is 0 Å². The molecular formula is C16H19N3O2. The summed E-state index contributed by atoms with van der Waals surface area (Å²) in [7, 11) is 0. The highest BCUT2D eigenvalue weighted by molar-refractivity contribution is 6.07. The second-order valence-electron chi connectivity index (χ2n) is 6.44. The minimum atomic E-state index is -0.657. The molecule has 1 spiro atoms. The molecule has 2 bridgehead atoms. The lowest BCUT2D eigenvalue weighted by atomic mass is 9.82. The molecule has 0 unspecified atom stereocenters. The first kappa shape index (κ1) is 12.8. The molecule has 0 aromatic heterocycles. The zero-order chi connectivity index (χ0) is 14.4. The van der Waals surface area contributed by atoms with Crippen LogP contribution in [0.1, 0.15) is 31.2 Å². The van der Waals surface area contributed by atoms with E-state index in [1.54, 1.807) is 0 Å². The zero-order valence-electron chi connectivity index (χ0n) is 11.8. The van der Waals surface area contributed by atoms with Crippen LogP contribution in [0.15, 0.2) is 30.3 Å². The third kappa shape index (κ3) is 2.03. The second-order valence-corrected chi connectivity index (χ2v) is 6.44. The highest BCUT2D eigenvalue weighted by Gasteiger charge is 2.55. The summed E-state index contributed by atoms with van der Waals surface area (Å²) in [5.41, 5.74) is 0.654. The molecule has 3 amide bonds. The van der Waals surface area contributed by atoms with Crippen LogP contribution in [0.2, 0.25) is 0 Å². The van der Waals surface area contributed by atoms with Crippen molar-refractivity contribution in [3.63, 3.8) is 0 Å². The molecular weight excluding hydrogens is 266 g/mol. The van der Waals surface area contributed by atoms with Gasteiger partial charge in [0.1, 0.15) is 5.54 Å². The molecule has 5 heteroatoms. The number of hydrogen-bond donors (Lipinski definition) is 2. The molecule has 3 aliphatic rings. The summed E-state index contributed by atoms with van der Waals surface area (Å²) in [6.45, 7) is 0.932. The lowest BCUT2D eigenvalue weighted by Crippen LogP contribution is -2.58. The molecule has 5 nitrogen and oxygen atoms in total. The standard InChI is InChI=1S/C16H19N3O2/c20-14-16(18-15(21)17-14)8-12-6-7-13(9-16)19(12)10-11-4-2-1-3-5-11/h1-5,12-13H,6-10H2,(H2,17,18,20,21)/t12-,13-/m1/s1. The van der Waals surface area contributed by atoms with Crippen molar-refractivity contribution in [2.24, 2.45) is 0 Å². The number of piperidine rings is 1. The van der Waals surface area contributed by atoms with Gasteiger partial charge in [-0.1, -0.05) is 30.3 Å². The molecule has 1 aromatic carbocycles. The Morgan fingerprint density at radius 3 is 2.33 bits per heavy atom. The highest BCUT2D eigenvalue weighted by Crippen LogP contribution is 2.42. The summed E-state index contributed by atoms with van der Waals surface area (Å²) >= 11 is 0. The molecule has 3 saturated heterocycles. The Balaban J connectivity index is 1.54. The third-order valence-corrected chi connectivity index (χ3v) is 5.16. The molecule has 0 radical (unpaired) electrons. The molecule has 1 aromatic rings. The molecule has 4 rings (SSSR count). The number of amides is 3. The van der Waals surface area contributed by atoms with Crippen LogP contribution in [-0.2, 0) is 11.3 Å². The van der Waals surface area contributed by atoms with Crippen LogP contribution in [0.3, 0.4) is 0 Å². The van der Waals surface area contributed by atoms with Crippen molar-refractivity contribution in [3.05, 3.63) is 35.9 Å². The van der Waals surface area contributed by atoms with Gasteiger partial charge in [0.05, 0.1) is 0 Å². The van der Waals surface area contributed by atoms with Crippen molar-refractivity contribution in [2.75, 3.05) is 0 Å². The Hall–Kier alpha value is -1.88. The molecule has 3 aliphatic heterocycles. The van der Waals surface area contributed by atoms with Gasteiger partial charge < -0.3 is 5.32 Å². The maximum Gasteiger partial charge on any atom is 0.322 e. The minimum absolute atomic E-state index is 0.135. The minimum Gasteiger partial charge on any atom is -0.323 e. The predicted octanol–water partition coefficient (Wildman–Crippen LogP) is 1.39. The lowest BCUT2D eigenvalue weighted by molar-refractivity contribution is -0.126. The number of fused-ring (bicyclic) bond motifs is 2. The maximum atomic E-state index is 12.1. The third-order valence-electron chi connectivity index (χ3n) is 5.16. The zero-order valence-corrected chi connectivity index (χ0v) is 11.8. The van der Waals surface area contributed by atoms with Crippen LogP contribution in [0.5, 0.6) is 0 Å². The molecule has 110 valence electrons. The van der Waals surface area contributed by atoms with E-state index in [4.69, 9.17) is 0 Å². The number of carbonyl (C=O) groups excluding carboxylic acids is 2. The SMILES string of the molecule is O=C1NC(=O)C2(C[C@H]3CC[C@H](C2)N3Cc2ccccc2)N1. The van der Waals surface area contributed by atoms with Crippen molar-refractivity contribution >= 4 is 11.9 Å². The summed E-state index contributed by atoms with van der Waals surface area (Å²) in [6, 6.07) is 10.9. The average Bonchev–Trinajstić information content (AvgIpc) is 2.86. The summed E-state index contributed by atoms with van der Waals surface area (Å²) in [5.74, 6) is -0.135. The number of carbonyl (C=O) groups is 2. The molecule has 0 saturated carbocycles. The smallest absolute Gasteiger partial charge is 0.322 e. The normalized spacial score (nSPS) is 35.0. The molecule has 21 heavy (non-hydrogen) atoms. The molecule has 2 atom stereocenters. The lowest BCUT2D eigenvalue weighted by Gasteiger charge is -2.43. The van der Waals surface area contributed by atoms with Gasteiger partial charge in [-0.3, -0.25) is 15.0 Å². The van der Waals surface area contributed by atoms with Crippen LogP contribution in [0, 0.1) is 0 Å². The Bertz CT molecular complexity index is 572. The summed E-state index contributed by atoms with van der Waals surface area (Å²) in [6.07, 6.45) is 3.69. The van der Waals surface area contributed by atoms with Gasteiger partial charge in [0.25, 0.3) is 5.91 Å². The summed E-state index contributed by atoms with van der Waals surface area (Å²) in [5, 5.41) is 5.28. The van der Waals surface area contributed by atoms with Crippen molar-refractivity contribution in [2.45, 2.75) is 49.9 Å². The van der Waals surface area contributed by atoms with Crippen LogP contribution < -0.4 is 10.6 Å². The van der Waals surface area contributed by atoms with Gasteiger partial charge in [-0.2, -0.15) is 0 Å². The van der Waals surface area contributed by atoms with E-state index in [1.165, 1.54) is 5.56 Å². The Kier molecular flexibility index (Phi) is 2.79. The average molecular weight is 285 g/mol. The number of imide groups is 1. The van der Waals surface area contributed by atoms with E-state index < -0.39 is 5.54 Å². The van der Waals surface area contributed by atoms with Crippen molar-refractivity contribution in [1.29, 1.82) is 0 Å². The first-order chi connectivity index (χ1) is 10.2.